The van der Waals surface area contributed by atoms with Gasteiger partial charge in [0.25, 0.3) is 5.69 Å². The van der Waals surface area contributed by atoms with Gasteiger partial charge in [-0.15, -0.1) is 0 Å². The van der Waals surface area contributed by atoms with Crippen molar-refractivity contribution < 1.29 is 9.72 Å². The number of piperidine rings is 1. The van der Waals surface area contributed by atoms with E-state index >= 15 is 0 Å². The fourth-order valence-electron chi connectivity index (χ4n) is 3.73. The van der Waals surface area contributed by atoms with Crippen LogP contribution in [0.3, 0.4) is 0 Å². The Morgan fingerprint density at radius 1 is 1.18 bits per heavy atom. The van der Waals surface area contributed by atoms with Crippen LogP contribution in [0, 0.1) is 16.0 Å². The van der Waals surface area contributed by atoms with Crippen LogP contribution < -0.4 is 5.32 Å². The van der Waals surface area contributed by atoms with Crippen molar-refractivity contribution in [3.8, 4) is 0 Å². The molecule has 1 saturated heterocycles. The minimum atomic E-state index is -0.454. The molecule has 0 saturated carbocycles. The second kappa shape index (κ2) is 9.46. The van der Waals surface area contributed by atoms with Crippen molar-refractivity contribution in [2.75, 3.05) is 13.1 Å². The molecule has 1 N–H and O–H groups in total. The number of hydrogen-bond acceptors (Lipinski definition) is 4. The third-order valence-electron chi connectivity index (χ3n) is 5.20. The van der Waals surface area contributed by atoms with Crippen LogP contribution >= 0.6 is 0 Å². The van der Waals surface area contributed by atoms with Gasteiger partial charge in [0, 0.05) is 31.3 Å². The highest BCUT2D eigenvalue weighted by atomic mass is 16.6. The molecule has 1 amide bonds. The SMILES string of the molecule is CC1CCCN(Cc2ccc(CNC(=O)Cc3ccccc3[N+](=O)[O-])cc2)C1. The van der Waals surface area contributed by atoms with Gasteiger partial charge in [0.15, 0.2) is 0 Å². The van der Waals surface area contributed by atoms with Crippen LogP contribution in [0.1, 0.15) is 36.5 Å². The molecule has 1 heterocycles. The standard InChI is InChI=1S/C22H27N3O3/c1-17-5-4-12-24(15-17)16-19-10-8-18(9-11-19)14-23-22(26)13-20-6-2-3-7-21(20)25(27)28/h2-3,6-11,17H,4-5,12-16H2,1H3,(H,23,26). The maximum Gasteiger partial charge on any atom is 0.273 e. The van der Waals surface area contributed by atoms with Crippen molar-refractivity contribution in [1.29, 1.82) is 0 Å². The topological polar surface area (TPSA) is 75.5 Å². The molecule has 0 radical (unpaired) electrons. The summed E-state index contributed by atoms with van der Waals surface area (Å²) in [4.78, 5) is 25.3. The molecule has 1 aliphatic heterocycles. The Hall–Kier alpha value is -2.73. The monoisotopic (exact) mass is 381 g/mol. The maximum atomic E-state index is 12.2. The number of carbonyl (C=O) groups excluding carboxylic acids is 1. The van der Waals surface area contributed by atoms with Gasteiger partial charge in [0.05, 0.1) is 11.3 Å². The third-order valence-corrected chi connectivity index (χ3v) is 5.20. The van der Waals surface area contributed by atoms with Gasteiger partial charge >= 0.3 is 0 Å². The summed E-state index contributed by atoms with van der Waals surface area (Å²) in [5.41, 5.74) is 2.71. The molecule has 2 aromatic carbocycles. The van der Waals surface area contributed by atoms with Gasteiger partial charge in [-0.05, 0) is 36.4 Å². The molecule has 1 unspecified atom stereocenters. The van der Waals surface area contributed by atoms with E-state index in [4.69, 9.17) is 0 Å². The van der Waals surface area contributed by atoms with E-state index in [2.05, 4.69) is 29.3 Å². The molecule has 0 bridgehead atoms. The van der Waals surface area contributed by atoms with E-state index in [0.29, 0.717) is 12.1 Å². The Morgan fingerprint density at radius 2 is 1.89 bits per heavy atom. The predicted octanol–water partition coefficient (Wildman–Crippen LogP) is 3.69. The Bertz CT molecular complexity index is 820. The Labute approximate surface area is 165 Å². The molecule has 6 heteroatoms. The van der Waals surface area contributed by atoms with Crippen LogP contribution in [0.25, 0.3) is 0 Å². The van der Waals surface area contributed by atoms with Crippen molar-refractivity contribution >= 4 is 11.6 Å². The number of amides is 1. The second-order valence-electron chi connectivity index (χ2n) is 7.64. The largest absolute Gasteiger partial charge is 0.352 e. The minimum absolute atomic E-state index is 0.00236. The maximum absolute atomic E-state index is 12.2. The molecule has 0 aliphatic carbocycles. The first-order chi connectivity index (χ1) is 13.5. The molecular weight excluding hydrogens is 354 g/mol. The van der Waals surface area contributed by atoms with E-state index < -0.39 is 4.92 Å². The lowest BCUT2D eigenvalue weighted by Gasteiger charge is -2.30. The summed E-state index contributed by atoms with van der Waals surface area (Å²) < 4.78 is 0. The molecule has 6 nitrogen and oxygen atoms in total. The summed E-state index contributed by atoms with van der Waals surface area (Å²) in [7, 11) is 0. The smallest absolute Gasteiger partial charge is 0.273 e. The molecule has 1 aliphatic rings. The lowest BCUT2D eigenvalue weighted by Crippen LogP contribution is -2.33. The van der Waals surface area contributed by atoms with Gasteiger partial charge in [0.2, 0.25) is 5.91 Å². The zero-order valence-corrected chi connectivity index (χ0v) is 16.3. The van der Waals surface area contributed by atoms with Gasteiger partial charge < -0.3 is 5.32 Å². The summed E-state index contributed by atoms with van der Waals surface area (Å²) >= 11 is 0. The molecular formula is C22H27N3O3. The van der Waals surface area contributed by atoms with E-state index in [1.165, 1.54) is 24.5 Å². The number of hydrogen-bond donors (Lipinski definition) is 1. The average Bonchev–Trinajstić information content (AvgIpc) is 2.68. The Morgan fingerprint density at radius 3 is 2.61 bits per heavy atom. The van der Waals surface area contributed by atoms with E-state index in [0.717, 1.165) is 31.1 Å². The highest BCUT2D eigenvalue weighted by molar-refractivity contribution is 5.79. The van der Waals surface area contributed by atoms with E-state index in [1.807, 2.05) is 12.1 Å². The summed E-state index contributed by atoms with van der Waals surface area (Å²) in [5, 5.41) is 13.9. The molecule has 28 heavy (non-hydrogen) atoms. The summed E-state index contributed by atoms with van der Waals surface area (Å²) in [6, 6.07) is 14.6. The zero-order chi connectivity index (χ0) is 19.9. The van der Waals surface area contributed by atoms with Gasteiger partial charge in [-0.3, -0.25) is 19.8 Å². The van der Waals surface area contributed by atoms with Gasteiger partial charge in [-0.2, -0.15) is 0 Å². The molecule has 0 aromatic heterocycles. The lowest BCUT2D eigenvalue weighted by atomic mass is 9.99. The molecule has 1 atom stereocenters. The summed E-state index contributed by atoms with van der Waals surface area (Å²) in [6.45, 7) is 6.01. The highest BCUT2D eigenvalue weighted by Gasteiger charge is 2.17. The molecule has 148 valence electrons. The van der Waals surface area contributed by atoms with E-state index in [1.54, 1.807) is 18.2 Å². The van der Waals surface area contributed by atoms with Crippen LogP contribution in [0.4, 0.5) is 5.69 Å². The lowest BCUT2D eigenvalue weighted by molar-refractivity contribution is -0.385. The first-order valence-corrected chi connectivity index (χ1v) is 9.80. The Kier molecular flexibility index (Phi) is 6.76. The van der Waals surface area contributed by atoms with Crippen molar-refractivity contribution in [3.63, 3.8) is 0 Å². The van der Waals surface area contributed by atoms with Crippen LogP contribution in [0.15, 0.2) is 48.5 Å². The van der Waals surface area contributed by atoms with Gasteiger partial charge in [-0.1, -0.05) is 49.4 Å². The molecule has 0 spiro atoms. The molecule has 2 aromatic rings. The normalized spacial score (nSPS) is 17.2. The summed E-state index contributed by atoms with van der Waals surface area (Å²) in [6.07, 6.45) is 2.59. The van der Waals surface area contributed by atoms with Crippen molar-refractivity contribution in [2.24, 2.45) is 5.92 Å². The quantitative estimate of drug-likeness (QED) is 0.586. The van der Waals surface area contributed by atoms with Gasteiger partial charge in [-0.25, -0.2) is 0 Å². The highest BCUT2D eigenvalue weighted by Crippen LogP contribution is 2.19. The van der Waals surface area contributed by atoms with Crippen molar-refractivity contribution in [1.82, 2.24) is 10.2 Å². The third kappa shape index (κ3) is 5.63. The first-order valence-electron chi connectivity index (χ1n) is 9.80. The van der Waals surface area contributed by atoms with Crippen molar-refractivity contribution in [2.45, 2.75) is 39.3 Å². The number of nitro groups is 1. The Balaban J connectivity index is 1.49. The number of para-hydroxylation sites is 1. The van der Waals surface area contributed by atoms with Crippen molar-refractivity contribution in [3.05, 3.63) is 75.3 Å². The molecule has 3 rings (SSSR count). The fraction of sp³-hybridized carbons (Fsp3) is 0.409. The first kappa shape index (κ1) is 20.0. The second-order valence-corrected chi connectivity index (χ2v) is 7.64. The molecule has 1 fully saturated rings. The van der Waals surface area contributed by atoms with Gasteiger partial charge in [0.1, 0.15) is 0 Å². The number of benzene rings is 2. The van der Waals surface area contributed by atoms with Crippen LogP contribution in [0.2, 0.25) is 0 Å². The summed E-state index contributed by atoms with van der Waals surface area (Å²) in [5.74, 6) is 0.546. The van der Waals surface area contributed by atoms with Crippen LogP contribution in [0.5, 0.6) is 0 Å². The number of nitro benzene ring substituents is 1. The number of rotatable bonds is 7. The number of nitrogens with one attached hydrogen (secondary N) is 1. The average molecular weight is 381 g/mol. The van der Waals surface area contributed by atoms with Crippen LogP contribution in [-0.2, 0) is 24.3 Å². The number of likely N-dealkylation sites (tertiary alicyclic amines) is 1. The van der Waals surface area contributed by atoms with E-state index in [-0.39, 0.29) is 18.0 Å². The zero-order valence-electron chi connectivity index (χ0n) is 16.3. The minimum Gasteiger partial charge on any atom is -0.352 e. The number of nitrogens with zero attached hydrogens (tertiary/aromatic N) is 2. The van der Waals surface area contributed by atoms with Crippen LogP contribution in [-0.4, -0.2) is 28.8 Å². The van der Waals surface area contributed by atoms with E-state index in [9.17, 15) is 14.9 Å². The predicted molar refractivity (Wildman–Crippen MR) is 109 cm³/mol. The number of carbonyl (C=O) groups is 1. The fourth-order valence-corrected chi connectivity index (χ4v) is 3.73.